The molecule has 1 aliphatic carbocycles. The summed E-state index contributed by atoms with van der Waals surface area (Å²) < 4.78 is 25.5. The average Bonchev–Trinajstić information content (AvgIpc) is 3.04. The van der Waals surface area contributed by atoms with Gasteiger partial charge in [0.25, 0.3) is 5.91 Å². The molecule has 142 valence electrons. The lowest BCUT2D eigenvalue weighted by atomic mass is 9.76. The summed E-state index contributed by atoms with van der Waals surface area (Å²) in [5, 5.41) is 2.93. The van der Waals surface area contributed by atoms with E-state index in [2.05, 4.69) is 5.32 Å². The summed E-state index contributed by atoms with van der Waals surface area (Å²) in [7, 11) is 0. The van der Waals surface area contributed by atoms with E-state index in [1.165, 1.54) is 18.2 Å². The molecule has 1 amide bonds. The van der Waals surface area contributed by atoms with Gasteiger partial charge >= 0.3 is 0 Å². The van der Waals surface area contributed by atoms with Crippen molar-refractivity contribution in [3.05, 3.63) is 59.4 Å². The molecule has 2 fully saturated rings. The van der Waals surface area contributed by atoms with E-state index >= 15 is 0 Å². The lowest BCUT2D eigenvalue weighted by molar-refractivity contribution is 0.00804. The van der Waals surface area contributed by atoms with Crippen LogP contribution >= 0.6 is 0 Å². The van der Waals surface area contributed by atoms with E-state index in [-0.39, 0.29) is 17.7 Å². The van der Waals surface area contributed by atoms with Gasteiger partial charge in [0.05, 0.1) is 11.7 Å². The predicted octanol–water partition coefficient (Wildman–Crippen LogP) is 3.03. The quantitative estimate of drug-likeness (QED) is 0.820. The van der Waals surface area contributed by atoms with Crippen molar-refractivity contribution in [1.82, 2.24) is 5.32 Å². The summed E-state index contributed by atoms with van der Waals surface area (Å²) in [4.78, 5) is 12.5. The van der Waals surface area contributed by atoms with E-state index in [9.17, 15) is 9.18 Å². The molecule has 1 saturated heterocycles. The first-order chi connectivity index (χ1) is 13.1. The molecule has 4 rings (SSSR count). The van der Waals surface area contributed by atoms with Crippen LogP contribution in [0.15, 0.2) is 42.5 Å². The number of carbonyl (C=O) groups is 1. The van der Waals surface area contributed by atoms with Crippen molar-refractivity contribution >= 4 is 5.91 Å². The van der Waals surface area contributed by atoms with Crippen molar-refractivity contribution < 1.29 is 18.7 Å². The highest BCUT2D eigenvalue weighted by atomic mass is 19.1. The van der Waals surface area contributed by atoms with Crippen LogP contribution < -0.4 is 15.8 Å². The Morgan fingerprint density at radius 2 is 2.00 bits per heavy atom. The largest absolute Gasteiger partial charge is 0.457 e. The van der Waals surface area contributed by atoms with Gasteiger partial charge < -0.3 is 20.5 Å². The Morgan fingerprint density at radius 3 is 2.74 bits per heavy atom. The SMILES string of the molecule is NCCc1ccc(Oc2ccc(F)c(C(=O)N[C@@H]3C[C@H]4OCC[C@@H]34)c2)cc1. The van der Waals surface area contributed by atoms with Crippen LogP contribution in [0, 0.1) is 11.7 Å². The third kappa shape index (κ3) is 3.82. The third-order valence-corrected chi connectivity index (χ3v) is 5.35. The molecule has 1 aliphatic heterocycles. The molecule has 0 unspecified atom stereocenters. The van der Waals surface area contributed by atoms with Crippen molar-refractivity contribution in [2.45, 2.75) is 31.4 Å². The highest BCUT2D eigenvalue weighted by molar-refractivity contribution is 5.95. The number of carbonyl (C=O) groups excluding carboxylic acids is 1. The lowest BCUT2D eigenvalue weighted by Gasteiger charge is -2.39. The molecule has 3 N–H and O–H groups in total. The number of rotatable bonds is 6. The van der Waals surface area contributed by atoms with Crippen LogP contribution in [0.25, 0.3) is 0 Å². The predicted molar refractivity (Wildman–Crippen MR) is 99.4 cm³/mol. The number of ether oxygens (including phenoxy) is 2. The minimum absolute atomic E-state index is 0.00498. The third-order valence-electron chi connectivity index (χ3n) is 5.35. The highest BCUT2D eigenvalue weighted by Gasteiger charge is 2.45. The van der Waals surface area contributed by atoms with Crippen molar-refractivity contribution in [3.63, 3.8) is 0 Å². The van der Waals surface area contributed by atoms with Crippen LogP contribution in [0.4, 0.5) is 4.39 Å². The van der Waals surface area contributed by atoms with Crippen molar-refractivity contribution in [2.24, 2.45) is 11.7 Å². The van der Waals surface area contributed by atoms with Gasteiger partial charge in [0.15, 0.2) is 0 Å². The fraction of sp³-hybridized carbons (Fsp3) is 0.381. The molecule has 0 bridgehead atoms. The second-order valence-corrected chi connectivity index (χ2v) is 7.10. The number of amides is 1. The van der Waals surface area contributed by atoms with Crippen molar-refractivity contribution in [3.8, 4) is 11.5 Å². The highest BCUT2D eigenvalue weighted by Crippen LogP contribution is 2.38. The lowest BCUT2D eigenvalue weighted by Crippen LogP contribution is -2.53. The number of nitrogens with one attached hydrogen (secondary N) is 1. The number of benzene rings is 2. The number of hydrogen-bond acceptors (Lipinski definition) is 4. The van der Waals surface area contributed by atoms with Crippen molar-refractivity contribution in [2.75, 3.05) is 13.2 Å². The molecule has 1 heterocycles. The first-order valence-corrected chi connectivity index (χ1v) is 9.33. The van der Waals surface area contributed by atoms with Gasteiger partial charge in [-0.15, -0.1) is 0 Å². The van der Waals surface area contributed by atoms with Gasteiger partial charge in [-0.3, -0.25) is 4.79 Å². The Kier molecular flexibility index (Phi) is 5.09. The Hall–Kier alpha value is -2.44. The fourth-order valence-electron chi connectivity index (χ4n) is 3.78. The average molecular weight is 370 g/mol. The van der Waals surface area contributed by atoms with E-state index in [0.717, 1.165) is 31.4 Å². The Labute approximate surface area is 157 Å². The maximum absolute atomic E-state index is 14.2. The number of nitrogens with two attached hydrogens (primary N) is 1. The smallest absolute Gasteiger partial charge is 0.254 e. The maximum Gasteiger partial charge on any atom is 0.254 e. The van der Waals surface area contributed by atoms with E-state index in [0.29, 0.717) is 24.0 Å². The zero-order chi connectivity index (χ0) is 18.8. The van der Waals surface area contributed by atoms with Gasteiger partial charge in [0.1, 0.15) is 17.3 Å². The first-order valence-electron chi connectivity index (χ1n) is 9.33. The number of hydrogen-bond donors (Lipinski definition) is 2. The van der Waals surface area contributed by atoms with Gasteiger partial charge in [-0.25, -0.2) is 4.39 Å². The van der Waals surface area contributed by atoms with E-state index < -0.39 is 11.7 Å². The molecule has 2 aliphatic rings. The number of fused-ring (bicyclic) bond motifs is 1. The summed E-state index contributed by atoms with van der Waals surface area (Å²) in [5.41, 5.74) is 6.67. The van der Waals surface area contributed by atoms with Crippen LogP contribution in [0.1, 0.15) is 28.8 Å². The van der Waals surface area contributed by atoms with Gasteiger partial charge in [0.2, 0.25) is 0 Å². The maximum atomic E-state index is 14.2. The molecule has 0 radical (unpaired) electrons. The molecule has 5 nitrogen and oxygen atoms in total. The summed E-state index contributed by atoms with van der Waals surface area (Å²) in [5.74, 6) is 0.425. The molecule has 3 atom stereocenters. The number of halogens is 1. The van der Waals surface area contributed by atoms with Crippen LogP contribution in [0.3, 0.4) is 0 Å². The van der Waals surface area contributed by atoms with Gasteiger partial charge in [-0.1, -0.05) is 12.1 Å². The normalized spacial score (nSPS) is 23.4. The Bertz CT molecular complexity index is 825. The summed E-state index contributed by atoms with van der Waals surface area (Å²) >= 11 is 0. The summed E-state index contributed by atoms with van der Waals surface area (Å²) in [6.07, 6.45) is 2.79. The summed E-state index contributed by atoms with van der Waals surface area (Å²) in [6, 6.07) is 11.8. The molecule has 1 saturated carbocycles. The fourth-order valence-corrected chi connectivity index (χ4v) is 3.78. The second kappa shape index (κ2) is 7.66. The zero-order valence-electron chi connectivity index (χ0n) is 15.0. The van der Waals surface area contributed by atoms with Gasteiger partial charge in [0, 0.05) is 18.6 Å². The standard InChI is InChI=1S/C21H23FN2O3/c22-18-6-5-15(27-14-3-1-13(2-4-14)7-9-23)11-17(18)21(25)24-19-12-20-16(19)8-10-26-20/h1-6,11,16,19-20H,7-10,12,23H2,(H,24,25)/t16-,19+,20+/m0/s1. The molecule has 27 heavy (non-hydrogen) atoms. The minimum atomic E-state index is -0.559. The first kappa shape index (κ1) is 17.9. The van der Waals surface area contributed by atoms with Crippen LogP contribution in [-0.4, -0.2) is 31.2 Å². The molecular weight excluding hydrogens is 347 g/mol. The molecule has 0 aromatic heterocycles. The monoisotopic (exact) mass is 370 g/mol. The molecule has 2 aromatic carbocycles. The topological polar surface area (TPSA) is 73.6 Å². The molecule has 6 heteroatoms. The minimum Gasteiger partial charge on any atom is -0.457 e. The second-order valence-electron chi connectivity index (χ2n) is 7.10. The van der Waals surface area contributed by atoms with Crippen LogP contribution in [-0.2, 0) is 11.2 Å². The van der Waals surface area contributed by atoms with E-state index in [1.54, 1.807) is 0 Å². The van der Waals surface area contributed by atoms with E-state index in [1.807, 2.05) is 24.3 Å². The van der Waals surface area contributed by atoms with E-state index in [4.69, 9.17) is 15.2 Å². The Balaban J connectivity index is 1.43. The summed E-state index contributed by atoms with van der Waals surface area (Å²) in [6.45, 7) is 1.33. The molecule has 0 spiro atoms. The van der Waals surface area contributed by atoms with Gasteiger partial charge in [-0.05, 0) is 61.7 Å². The molecular formula is C21H23FN2O3. The zero-order valence-corrected chi connectivity index (χ0v) is 15.0. The van der Waals surface area contributed by atoms with Crippen LogP contribution in [0.5, 0.6) is 11.5 Å². The van der Waals surface area contributed by atoms with Crippen molar-refractivity contribution in [1.29, 1.82) is 0 Å². The molecule has 2 aromatic rings. The van der Waals surface area contributed by atoms with Gasteiger partial charge in [-0.2, -0.15) is 0 Å². The van der Waals surface area contributed by atoms with Crippen LogP contribution in [0.2, 0.25) is 0 Å². The Morgan fingerprint density at radius 1 is 1.22 bits per heavy atom.